The number of hydrogen-bond acceptors (Lipinski definition) is 4. The minimum Gasteiger partial charge on any atom is -0.399 e. The van der Waals surface area contributed by atoms with Gasteiger partial charge in [-0.1, -0.05) is 24.3 Å². The summed E-state index contributed by atoms with van der Waals surface area (Å²) in [7, 11) is 0. The van der Waals surface area contributed by atoms with Crippen molar-refractivity contribution in [2.24, 2.45) is 0 Å². The van der Waals surface area contributed by atoms with Crippen LogP contribution in [0.15, 0.2) is 66.7 Å². The molecule has 0 unspecified atom stereocenters. The third-order valence-electron chi connectivity index (χ3n) is 6.54. The van der Waals surface area contributed by atoms with Gasteiger partial charge >= 0.3 is 6.03 Å². The fourth-order valence-corrected chi connectivity index (χ4v) is 4.82. The van der Waals surface area contributed by atoms with Crippen molar-refractivity contribution in [2.75, 3.05) is 29.5 Å². The molecule has 5 N–H and O–H groups in total. The Bertz CT molecular complexity index is 1230. The number of amides is 3. The van der Waals surface area contributed by atoms with Crippen LogP contribution >= 0.6 is 0 Å². The molecule has 2 aliphatic heterocycles. The van der Waals surface area contributed by atoms with E-state index in [2.05, 4.69) is 22.0 Å². The maximum absolute atomic E-state index is 13.0. The van der Waals surface area contributed by atoms with Gasteiger partial charge < -0.3 is 26.6 Å². The molecule has 3 amide bonds. The standard InChI is InChI=1S/C27H29N5O2/c28-22-6-2-7-23(16-22)31-27(34)32-13-3-8-25(32)19-4-1-5-20(14-19)26(33)30-24-10-9-18-11-12-29-17-21(18)15-24/h1-2,4-7,9-10,14-16,25,29H,3,8,11-13,17,28H2,(H,30,33)(H,31,34)/t25-/m1/s1. The zero-order valence-electron chi connectivity index (χ0n) is 19.0. The van der Waals surface area contributed by atoms with Crippen LogP contribution in [0.5, 0.6) is 0 Å². The molecule has 1 saturated heterocycles. The molecule has 34 heavy (non-hydrogen) atoms. The number of fused-ring (bicyclic) bond motifs is 1. The first-order valence-corrected chi connectivity index (χ1v) is 11.7. The van der Waals surface area contributed by atoms with Crippen molar-refractivity contribution < 1.29 is 9.59 Å². The smallest absolute Gasteiger partial charge is 0.322 e. The van der Waals surface area contributed by atoms with Gasteiger partial charge in [0.05, 0.1) is 6.04 Å². The van der Waals surface area contributed by atoms with Gasteiger partial charge in [-0.3, -0.25) is 4.79 Å². The minimum absolute atomic E-state index is 0.0800. The summed E-state index contributed by atoms with van der Waals surface area (Å²) in [4.78, 5) is 27.8. The summed E-state index contributed by atoms with van der Waals surface area (Å²) in [6.45, 7) is 2.48. The highest BCUT2D eigenvalue weighted by atomic mass is 16.2. The van der Waals surface area contributed by atoms with Crippen molar-refractivity contribution in [3.8, 4) is 0 Å². The molecule has 0 bridgehead atoms. The number of hydrogen-bond donors (Lipinski definition) is 4. The lowest BCUT2D eigenvalue weighted by molar-refractivity contribution is 0.102. The van der Waals surface area contributed by atoms with Crippen LogP contribution in [-0.2, 0) is 13.0 Å². The number of carbonyl (C=O) groups is 2. The fraction of sp³-hybridized carbons (Fsp3) is 0.259. The molecule has 2 aliphatic rings. The van der Waals surface area contributed by atoms with Crippen molar-refractivity contribution in [1.82, 2.24) is 10.2 Å². The maximum atomic E-state index is 13.0. The Kier molecular flexibility index (Phi) is 6.18. The molecule has 3 aromatic carbocycles. The van der Waals surface area contributed by atoms with E-state index in [1.165, 1.54) is 11.1 Å². The molecular weight excluding hydrogens is 426 g/mol. The van der Waals surface area contributed by atoms with Gasteiger partial charge in [-0.15, -0.1) is 0 Å². The van der Waals surface area contributed by atoms with E-state index in [4.69, 9.17) is 5.73 Å². The van der Waals surface area contributed by atoms with Crippen LogP contribution in [0.4, 0.5) is 21.9 Å². The van der Waals surface area contributed by atoms with Crippen molar-refractivity contribution in [2.45, 2.75) is 31.8 Å². The lowest BCUT2D eigenvalue weighted by atomic mass is 10.00. The quantitative estimate of drug-likeness (QED) is 0.434. The molecule has 1 fully saturated rings. The lowest BCUT2D eigenvalue weighted by Gasteiger charge is -2.26. The summed E-state index contributed by atoms with van der Waals surface area (Å²) in [5, 5.41) is 9.34. The van der Waals surface area contributed by atoms with Gasteiger partial charge in [-0.05, 0) is 85.0 Å². The predicted molar refractivity (Wildman–Crippen MR) is 135 cm³/mol. The molecule has 7 heteroatoms. The minimum atomic E-state index is -0.161. The second kappa shape index (κ2) is 9.57. The third kappa shape index (κ3) is 4.75. The Labute approximate surface area is 199 Å². The number of urea groups is 1. The fourth-order valence-electron chi connectivity index (χ4n) is 4.82. The number of nitrogens with zero attached hydrogens (tertiary/aromatic N) is 1. The molecule has 0 spiro atoms. The van der Waals surface area contributed by atoms with Gasteiger partial charge in [0.15, 0.2) is 0 Å². The molecule has 7 nitrogen and oxygen atoms in total. The number of rotatable bonds is 4. The van der Waals surface area contributed by atoms with E-state index in [0.717, 1.165) is 43.6 Å². The zero-order chi connectivity index (χ0) is 23.5. The van der Waals surface area contributed by atoms with E-state index in [1.807, 2.05) is 53.4 Å². The van der Waals surface area contributed by atoms with Crippen molar-refractivity contribution in [1.29, 1.82) is 0 Å². The number of nitrogens with two attached hydrogens (primary N) is 1. The highest BCUT2D eigenvalue weighted by molar-refractivity contribution is 6.04. The van der Waals surface area contributed by atoms with Gasteiger partial charge in [0, 0.05) is 35.7 Å². The summed E-state index contributed by atoms with van der Waals surface area (Å²) in [5.74, 6) is -0.153. The summed E-state index contributed by atoms with van der Waals surface area (Å²) < 4.78 is 0. The summed E-state index contributed by atoms with van der Waals surface area (Å²) in [6, 6.07) is 20.6. The number of nitrogens with one attached hydrogen (secondary N) is 3. The van der Waals surface area contributed by atoms with Gasteiger partial charge in [0.2, 0.25) is 0 Å². The Morgan fingerprint density at radius 3 is 2.68 bits per heavy atom. The van der Waals surface area contributed by atoms with Crippen LogP contribution in [-0.4, -0.2) is 29.9 Å². The molecular formula is C27H29N5O2. The first-order chi connectivity index (χ1) is 16.6. The monoisotopic (exact) mass is 455 g/mol. The van der Waals surface area contributed by atoms with Crippen molar-refractivity contribution >= 4 is 29.0 Å². The van der Waals surface area contributed by atoms with Gasteiger partial charge in [-0.25, -0.2) is 4.79 Å². The van der Waals surface area contributed by atoms with Gasteiger partial charge in [0.25, 0.3) is 5.91 Å². The molecule has 3 aromatic rings. The molecule has 174 valence electrons. The zero-order valence-corrected chi connectivity index (χ0v) is 19.0. The lowest BCUT2D eigenvalue weighted by Crippen LogP contribution is -2.34. The highest BCUT2D eigenvalue weighted by Crippen LogP contribution is 2.33. The van der Waals surface area contributed by atoms with E-state index >= 15 is 0 Å². The molecule has 1 atom stereocenters. The maximum Gasteiger partial charge on any atom is 0.322 e. The molecule has 0 aliphatic carbocycles. The second-order valence-electron chi connectivity index (χ2n) is 8.90. The summed E-state index contributed by atoms with van der Waals surface area (Å²) in [6.07, 6.45) is 2.77. The Morgan fingerprint density at radius 2 is 1.79 bits per heavy atom. The number of likely N-dealkylation sites (tertiary alicyclic amines) is 1. The van der Waals surface area contributed by atoms with Crippen LogP contribution in [0, 0.1) is 0 Å². The van der Waals surface area contributed by atoms with Crippen LogP contribution in [0.2, 0.25) is 0 Å². The van der Waals surface area contributed by atoms with Crippen LogP contribution in [0.25, 0.3) is 0 Å². The Balaban J connectivity index is 1.30. The van der Waals surface area contributed by atoms with E-state index in [0.29, 0.717) is 23.5 Å². The number of anilines is 3. The number of carbonyl (C=O) groups excluding carboxylic acids is 2. The van der Waals surface area contributed by atoms with E-state index in [-0.39, 0.29) is 18.0 Å². The van der Waals surface area contributed by atoms with Crippen molar-refractivity contribution in [3.63, 3.8) is 0 Å². The average molecular weight is 456 g/mol. The molecule has 2 heterocycles. The van der Waals surface area contributed by atoms with E-state index in [1.54, 1.807) is 12.1 Å². The largest absolute Gasteiger partial charge is 0.399 e. The van der Waals surface area contributed by atoms with Crippen LogP contribution in [0.3, 0.4) is 0 Å². The Morgan fingerprint density at radius 1 is 0.941 bits per heavy atom. The van der Waals surface area contributed by atoms with Crippen LogP contribution in [0.1, 0.15) is 45.9 Å². The molecule has 0 radical (unpaired) electrons. The summed E-state index contributed by atoms with van der Waals surface area (Å²) in [5.41, 5.74) is 12.0. The van der Waals surface area contributed by atoms with E-state index < -0.39 is 0 Å². The Hall–Kier alpha value is -3.84. The normalized spacial score (nSPS) is 17.2. The molecule has 0 saturated carbocycles. The average Bonchev–Trinajstić information content (AvgIpc) is 3.34. The van der Waals surface area contributed by atoms with Gasteiger partial charge in [0.1, 0.15) is 0 Å². The SMILES string of the molecule is Nc1cccc(NC(=O)N2CCC[C@@H]2c2cccc(C(=O)Nc3ccc4c(c3)CNCC4)c2)c1. The van der Waals surface area contributed by atoms with Gasteiger partial charge in [-0.2, -0.15) is 0 Å². The second-order valence-corrected chi connectivity index (χ2v) is 8.90. The molecule has 0 aromatic heterocycles. The number of benzene rings is 3. The first-order valence-electron chi connectivity index (χ1n) is 11.7. The first kappa shape index (κ1) is 22.0. The number of nitrogen functional groups attached to an aromatic ring is 1. The predicted octanol–water partition coefficient (Wildman–Crippen LogP) is 4.54. The highest BCUT2D eigenvalue weighted by Gasteiger charge is 2.30. The third-order valence-corrected chi connectivity index (χ3v) is 6.54. The summed E-state index contributed by atoms with van der Waals surface area (Å²) >= 11 is 0. The van der Waals surface area contributed by atoms with E-state index in [9.17, 15) is 9.59 Å². The molecule has 5 rings (SSSR count). The van der Waals surface area contributed by atoms with Crippen LogP contribution < -0.4 is 21.7 Å². The van der Waals surface area contributed by atoms with Crippen molar-refractivity contribution in [3.05, 3.63) is 89.0 Å². The topological polar surface area (TPSA) is 99.5 Å².